The van der Waals surface area contributed by atoms with Gasteiger partial charge in [0.1, 0.15) is 10.4 Å². The number of non-ortho nitro benzene ring substituents is 1. The minimum atomic E-state index is -0.442. The molecule has 76 valence electrons. The molecule has 0 spiro atoms. The quantitative estimate of drug-likeness (QED) is 0.489. The van der Waals surface area contributed by atoms with E-state index in [2.05, 4.69) is 20.9 Å². The summed E-state index contributed by atoms with van der Waals surface area (Å²) < 4.78 is 0.515. The van der Waals surface area contributed by atoms with Crippen LogP contribution >= 0.6 is 15.9 Å². The van der Waals surface area contributed by atoms with Crippen molar-refractivity contribution >= 4 is 38.2 Å². The van der Waals surface area contributed by atoms with Gasteiger partial charge in [0.25, 0.3) is 5.69 Å². The van der Waals surface area contributed by atoms with Crippen molar-refractivity contribution in [2.24, 2.45) is 0 Å². The van der Waals surface area contributed by atoms with Gasteiger partial charge in [-0.15, -0.1) is 0 Å². The molecule has 0 saturated heterocycles. The van der Waals surface area contributed by atoms with Gasteiger partial charge in [-0.1, -0.05) is 0 Å². The molecule has 0 atom stereocenters. The topological polar surface area (TPSA) is 82.0 Å². The van der Waals surface area contributed by atoms with E-state index in [0.29, 0.717) is 15.8 Å². The molecular weight excluding hydrogens is 262 g/mol. The van der Waals surface area contributed by atoms with Crippen LogP contribution in [0.5, 0.6) is 0 Å². The molecule has 0 aliphatic rings. The van der Waals surface area contributed by atoms with Crippen molar-refractivity contribution in [1.82, 2.24) is 4.98 Å². The summed E-state index contributed by atoms with van der Waals surface area (Å²) in [5.74, 6) is 0.378. The number of rotatable bonds is 1. The number of hydrogen-bond donors (Lipinski definition) is 1. The molecular formula is C9H6BrN3O2. The van der Waals surface area contributed by atoms with E-state index < -0.39 is 4.92 Å². The summed E-state index contributed by atoms with van der Waals surface area (Å²) in [6.07, 6.45) is 0. The van der Waals surface area contributed by atoms with E-state index >= 15 is 0 Å². The van der Waals surface area contributed by atoms with Gasteiger partial charge in [0.05, 0.1) is 4.92 Å². The average Bonchev–Trinajstić information content (AvgIpc) is 2.16. The van der Waals surface area contributed by atoms with Gasteiger partial charge < -0.3 is 5.73 Å². The van der Waals surface area contributed by atoms with Crippen molar-refractivity contribution in [2.45, 2.75) is 0 Å². The third kappa shape index (κ3) is 1.75. The first kappa shape index (κ1) is 9.85. The molecule has 0 saturated carbocycles. The van der Waals surface area contributed by atoms with Crippen molar-refractivity contribution in [3.63, 3.8) is 0 Å². The normalized spacial score (nSPS) is 10.5. The zero-order chi connectivity index (χ0) is 11.0. The number of halogens is 1. The Morgan fingerprint density at radius 1 is 1.40 bits per heavy atom. The second kappa shape index (κ2) is 3.47. The van der Waals surface area contributed by atoms with Gasteiger partial charge in [-0.25, -0.2) is 4.98 Å². The van der Waals surface area contributed by atoms with Crippen molar-refractivity contribution in [1.29, 1.82) is 0 Å². The minimum absolute atomic E-state index is 0.0368. The number of nitro benzene ring substituents is 1. The number of fused-ring (bicyclic) bond motifs is 1. The number of nitrogens with zero attached hydrogens (tertiary/aromatic N) is 2. The summed E-state index contributed by atoms with van der Waals surface area (Å²) in [4.78, 5) is 14.1. The van der Waals surface area contributed by atoms with Crippen LogP contribution in [0.2, 0.25) is 0 Å². The highest BCUT2D eigenvalue weighted by atomic mass is 79.9. The molecule has 1 aromatic carbocycles. The van der Waals surface area contributed by atoms with Gasteiger partial charge in [0.15, 0.2) is 0 Å². The molecule has 0 unspecified atom stereocenters. The highest BCUT2D eigenvalue weighted by molar-refractivity contribution is 9.10. The Labute approximate surface area is 93.2 Å². The van der Waals surface area contributed by atoms with Crippen LogP contribution in [-0.2, 0) is 0 Å². The zero-order valence-corrected chi connectivity index (χ0v) is 9.06. The lowest BCUT2D eigenvalue weighted by atomic mass is 10.1. The lowest BCUT2D eigenvalue weighted by Crippen LogP contribution is -1.92. The smallest absolute Gasteiger partial charge is 0.270 e. The molecule has 15 heavy (non-hydrogen) atoms. The number of hydrogen-bond acceptors (Lipinski definition) is 4. The molecule has 2 N–H and O–H groups in total. The number of nitrogen functional groups attached to an aromatic ring is 1. The molecule has 1 aromatic heterocycles. The van der Waals surface area contributed by atoms with Crippen LogP contribution in [-0.4, -0.2) is 9.91 Å². The van der Waals surface area contributed by atoms with Gasteiger partial charge >= 0.3 is 0 Å². The van der Waals surface area contributed by atoms with E-state index in [1.54, 1.807) is 12.1 Å². The van der Waals surface area contributed by atoms with Crippen LogP contribution in [0.25, 0.3) is 10.8 Å². The largest absolute Gasteiger partial charge is 0.384 e. The lowest BCUT2D eigenvalue weighted by molar-refractivity contribution is -0.384. The van der Waals surface area contributed by atoms with E-state index in [0.717, 1.165) is 5.39 Å². The molecule has 0 fully saturated rings. The van der Waals surface area contributed by atoms with Gasteiger partial charge in [-0.2, -0.15) is 0 Å². The van der Waals surface area contributed by atoms with Crippen LogP contribution in [0.1, 0.15) is 0 Å². The summed E-state index contributed by atoms with van der Waals surface area (Å²) in [5, 5.41) is 12.1. The van der Waals surface area contributed by atoms with Crippen LogP contribution in [0.4, 0.5) is 11.5 Å². The van der Waals surface area contributed by atoms with Gasteiger partial charge in [-0.3, -0.25) is 10.1 Å². The molecule has 0 bridgehead atoms. The number of nitrogens with two attached hydrogens (primary N) is 1. The van der Waals surface area contributed by atoms with Crippen LogP contribution < -0.4 is 5.73 Å². The van der Waals surface area contributed by atoms with Gasteiger partial charge in [0.2, 0.25) is 0 Å². The van der Waals surface area contributed by atoms with Gasteiger partial charge in [0, 0.05) is 17.5 Å². The SMILES string of the molecule is Nc1cc2ccc([N+](=O)[O-])cc2c(Br)n1. The maximum absolute atomic E-state index is 10.6. The highest BCUT2D eigenvalue weighted by Crippen LogP contribution is 2.27. The maximum Gasteiger partial charge on any atom is 0.270 e. The molecule has 6 heteroatoms. The predicted molar refractivity (Wildman–Crippen MR) is 60.5 cm³/mol. The molecule has 1 heterocycles. The number of aromatic nitrogens is 1. The van der Waals surface area contributed by atoms with Crippen molar-refractivity contribution in [3.8, 4) is 0 Å². The number of nitro groups is 1. The average molecular weight is 268 g/mol. The van der Waals surface area contributed by atoms with Crippen molar-refractivity contribution in [3.05, 3.63) is 39.0 Å². The molecule has 0 amide bonds. The Morgan fingerprint density at radius 2 is 2.13 bits per heavy atom. The van der Waals surface area contributed by atoms with Crippen LogP contribution in [0.3, 0.4) is 0 Å². The minimum Gasteiger partial charge on any atom is -0.384 e. The van der Waals surface area contributed by atoms with E-state index in [9.17, 15) is 10.1 Å². The molecule has 0 radical (unpaired) electrons. The van der Waals surface area contributed by atoms with Crippen LogP contribution in [0, 0.1) is 10.1 Å². The fourth-order valence-corrected chi connectivity index (χ4v) is 1.88. The Hall–Kier alpha value is -1.69. The lowest BCUT2D eigenvalue weighted by Gasteiger charge is -2.01. The summed E-state index contributed by atoms with van der Waals surface area (Å²) in [6, 6.07) is 6.22. The first-order valence-electron chi connectivity index (χ1n) is 4.08. The van der Waals surface area contributed by atoms with E-state index in [-0.39, 0.29) is 5.69 Å². The summed E-state index contributed by atoms with van der Waals surface area (Å²) in [5.41, 5.74) is 5.58. The Kier molecular flexibility index (Phi) is 2.28. The predicted octanol–water partition coefficient (Wildman–Crippen LogP) is 2.49. The molecule has 0 aliphatic carbocycles. The molecule has 2 rings (SSSR count). The number of benzene rings is 1. The van der Waals surface area contributed by atoms with E-state index in [4.69, 9.17) is 5.73 Å². The third-order valence-corrected chi connectivity index (χ3v) is 2.61. The zero-order valence-electron chi connectivity index (χ0n) is 7.48. The second-order valence-corrected chi connectivity index (χ2v) is 3.75. The van der Waals surface area contributed by atoms with Crippen molar-refractivity contribution in [2.75, 3.05) is 5.73 Å². The fraction of sp³-hybridized carbons (Fsp3) is 0. The molecule has 0 aliphatic heterocycles. The summed E-state index contributed by atoms with van der Waals surface area (Å²) in [7, 11) is 0. The first-order valence-corrected chi connectivity index (χ1v) is 4.87. The fourth-order valence-electron chi connectivity index (χ4n) is 1.33. The Balaban J connectivity index is 2.76. The number of pyridine rings is 1. The Morgan fingerprint density at radius 3 is 2.80 bits per heavy atom. The molecule has 2 aromatic rings. The first-order chi connectivity index (χ1) is 7.08. The van der Waals surface area contributed by atoms with Crippen molar-refractivity contribution < 1.29 is 4.92 Å². The van der Waals surface area contributed by atoms with Crippen LogP contribution in [0.15, 0.2) is 28.9 Å². The second-order valence-electron chi connectivity index (χ2n) is 3.00. The third-order valence-electron chi connectivity index (χ3n) is 2.00. The Bertz CT molecular complexity index is 556. The summed E-state index contributed by atoms with van der Waals surface area (Å²) >= 11 is 3.22. The summed E-state index contributed by atoms with van der Waals surface area (Å²) in [6.45, 7) is 0. The molecule has 5 nitrogen and oxygen atoms in total. The van der Waals surface area contributed by atoms with E-state index in [1.165, 1.54) is 12.1 Å². The highest BCUT2D eigenvalue weighted by Gasteiger charge is 2.09. The monoisotopic (exact) mass is 267 g/mol. The van der Waals surface area contributed by atoms with Gasteiger partial charge in [-0.05, 0) is 33.4 Å². The number of anilines is 1. The maximum atomic E-state index is 10.6. The standard InChI is InChI=1S/C9H6BrN3O2/c10-9-7-4-6(13(14)15)2-1-5(7)3-8(11)12-9/h1-4H,(H2,11,12). The van der Waals surface area contributed by atoms with E-state index in [1.807, 2.05) is 0 Å².